The van der Waals surface area contributed by atoms with E-state index in [0.29, 0.717) is 16.2 Å². The summed E-state index contributed by atoms with van der Waals surface area (Å²) < 4.78 is 5.59. The molecule has 4 fully saturated rings. The minimum Gasteiger partial charge on any atom is -0.459 e. The first-order chi connectivity index (χ1) is 7.86. The molecule has 0 heterocycles. The first-order valence-electron chi connectivity index (χ1n) is 6.69. The molecule has 92 valence electrons. The predicted octanol–water partition coefficient (Wildman–Crippen LogP) is 2.93. The number of hydrogen-bond donors (Lipinski definition) is 0. The molecule has 2 nitrogen and oxygen atoms in total. The molecule has 4 rings (SSSR count). The van der Waals surface area contributed by atoms with Gasteiger partial charge in [0.05, 0.1) is 0 Å². The van der Waals surface area contributed by atoms with E-state index in [2.05, 4.69) is 27.4 Å². The van der Waals surface area contributed by atoms with Crippen LogP contribution in [0.25, 0.3) is 0 Å². The summed E-state index contributed by atoms with van der Waals surface area (Å²) in [4.78, 5) is 11.4. The van der Waals surface area contributed by atoms with Crippen LogP contribution in [0.5, 0.6) is 0 Å². The Kier molecular flexibility index (Phi) is 1.33. The highest BCUT2D eigenvalue weighted by molar-refractivity contribution is 5.81. The molecule has 0 aliphatic heterocycles. The SMILES string of the molecule is C=CC(=O)OC1CC2C3(C)CC4(C)CC1(C)C243. The minimum atomic E-state index is -0.247. The number of hydrogen-bond acceptors (Lipinski definition) is 2. The third-order valence-electron chi connectivity index (χ3n) is 7.06. The van der Waals surface area contributed by atoms with E-state index in [1.54, 1.807) is 0 Å². The van der Waals surface area contributed by atoms with E-state index in [1.807, 2.05) is 0 Å². The Bertz CT molecular complexity index is 460. The van der Waals surface area contributed by atoms with Gasteiger partial charge in [-0.1, -0.05) is 27.4 Å². The van der Waals surface area contributed by atoms with Crippen molar-refractivity contribution in [2.75, 3.05) is 0 Å². The fraction of sp³-hybridized carbons (Fsp3) is 0.800. The first-order valence-corrected chi connectivity index (χ1v) is 6.69. The Hall–Kier alpha value is -0.790. The fourth-order valence-electron chi connectivity index (χ4n) is 7.42. The Balaban J connectivity index is 1.67. The van der Waals surface area contributed by atoms with Crippen LogP contribution in [0.15, 0.2) is 12.7 Å². The molecule has 4 aliphatic carbocycles. The second kappa shape index (κ2) is 2.22. The third kappa shape index (κ3) is 0.644. The smallest absolute Gasteiger partial charge is 0.330 e. The molecule has 17 heavy (non-hydrogen) atoms. The van der Waals surface area contributed by atoms with E-state index in [-0.39, 0.29) is 17.5 Å². The summed E-state index contributed by atoms with van der Waals surface area (Å²) in [5.41, 5.74) is 1.89. The lowest BCUT2D eigenvalue weighted by molar-refractivity contribution is -0.260. The zero-order chi connectivity index (χ0) is 12.3. The lowest BCUT2D eigenvalue weighted by Crippen LogP contribution is -2.68. The highest BCUT2D eigenvalue weighted by Crippen LogP contribution is 3.05. The maximum atomic E-state index is 11.4. The molecule has 4 saturated carbocycles. The molecule has 2 heteroatoms. The topological polar surface area (TPSA) is 26.3 Å². The summed E-state index contributed by atoms with van der Waals surface area (Å²) in [7, 11) is 0. The standard InChI is InChI=1S/C15H20O2/c1-5-11(16)17-10-6-9-13(3)7-12(2)8-14(10,4)15(9,12)13/h5,9-10H,1,6-8H2,2-4H3. The Morgan fingerprint density at radius 2 is 1.94 bits per heavy atom. The molecule has 0 aromatic rings. The lowest BCUT2D eigenvalue weighted by Gasteiger charge is -2.71. The van der Waals surface area contributed by atoms with Crippen molar-refractivity contribution >= 4 is 5.97 Å². The van der Waals surface area contributed by atoms with Gasteiger partial charge in [0.15, 0.2) is 0 Å². The third-order valence-corrected chi connectivity index (χ3v) is 7.06. The number of carbonyl (C=O) groups is 1. The van der Waals surface area contributed by atoms with Crippen molar-refractivity contribution in [1.29, 1.82) is 0 Å². The summed E-state index contributed by atoms with van der Waals surface area (Å²) >= 11 is 0. The second-order valence-electron chi connectivity index (χ2n) is 7.48. The molecule has 0 saturated heterocycles. The van der Waals surface area contributed by atoms with E-state index in [4.69, 9.17) is 4.74 Å². The van der Waals surface area contributed by atoms with Crippen LogP contribution >= 0.6 is 0 Å². The molecule has 1 spiro atoms. The monoisotopic (exact) mass is 232 g/mol. The highest BCUT2D eigenvalue weighted by atomic mass is 16.5. The number of esters is 1. The van der Waals surface area contributed by atoms with Gasteiger partial charge in [-0.05, 0) is 41.4 Å². The van der Waals surface area contributed by atoms with Gasteiger partial charge >= 0.3 is 5.97 Å². The van der Waals surface area contributed by atoms with Gasteiger partial charge in [0, 0.05) is 11.5 Å². The predicted molar refractivity (Wildman–Crippen MR) is 64.2 cm³/mol. The van der Waals surface area contributed by atoms with Gasteiger partial charge in [-0.3, -0.25) is 0 Å². The summed E-state index contributed by atoms with van der Waals surface area (Å²) in [6, 6.07) is 0. The molecule has 6 unspecified atom stereocenters. The van der Waals surface area contributed by atoms with Crippen LogP contribution in [0.1, 0.15) is 40.0 Å². The van der Waals surface area contributed by atoms with E-state index in [1.165, 1.54) is 18.9 Å². The average molecular weight is 232 g/mol. The van der Waals surface area contributed by atoms with Crippen LogP contribution in [-0.2, 0) is 9.53 Å². The second-order valence-corrected chi connectivity index (χ2v) is 7.48. The summed E-state index contributed by atoms with van der Waals surface area (Å²) in [5, 5.41) is 0. The van der Waals surface area contributed by atoms with Gasteiger partial charge in [0.25, 0.3) is 0 Å². The summed E-state index contributed by atoms with van der Waals surface area (Å²) in [6.07, 6.45) is 5.15. The van der Waals surface area contributed by atoms with Gasteiger partial charge in [0.2, 0.25) is 0 Å². The van der Waals surface area contributed by atoms with Gasteiger partial charge in [-0.15, -0.1) is 0 Å². The van der Waals surface area contributed by atoms with Crippen LogP contribution in [0.3, 0.4) is 0 Å². The van der Waals surface area contributed by atoms with Crippen molar-refractivity contribution in [3.63, 3.8) is 0 Å². The van der Waals surface area contributed by atoms with E-state index >= 15 is 0 Å². The number of carbonyl (C=O) groups excluding carboxylic acids is 1. The Morgan fingerprint density at radius 1 is 1.29 bits per heavy atom. The number of fused-ring (bicyclic) bond motifs is 1. The van der Waals surface area contributed by atoms with E-state index < -0.39 is 0 Å². The van der Waals surface area contributed by atoms with E-state index in [0.717, 1.165) is 12.3 Å². The summed E-state index contributed by atoms with van der Waals surface area (Å²) in [5.74, 6) is 0.560. The number of rotatable bonds is 2. The molecule has 0 aromatic carbocycles. The Labute approximate surface area is 102 Å². The van der Waals surface area contributed by atoms with Crippen LogP contribution in [0.4, 0.5) is 0 Å². The van der Waals surface area contributed by atoms with Crippen molar-refractivity contribution in [1.82, 2.24) is 0 Å². The molecule has 0 radical (unpaired) electrons. The largest absolute Gasteiger partial charge is 0.459 e. The molecule has 4 aliphatic rings. The highest BCUT2D eigenvalue weighted by Gasteiger charge is 3.01. The maximum absolute atomic E-state index is 11.4. The van der Waals surface area contributed by atoms with Crippen LogP contribution in [0.2, 0.25) is 0 Å². The molecule has 0 amide bonds. The van der Waals surface area contributed by atoms with Gasteiger partial charge < -0.3 is 4.74 Å². The molecule has 0 N–H and O–H groups in total. The first kappa shape index (κ1) is 10.2. The summed E-state index contributed by atoms with van der Waals surface area (Å²) in [6.45, 7) is 10.7. The van der Waals surface area contributed by atoms with Crippen LogP contribution in [0, 0.1) is 27.6 Å². The van der Waals surface area contributed by atoms with Crippen LogP contribution in [-0.4, -0.2) is 12.1 Å². The van der Waals surface area contributed by atoms with Gasteiger partial charge in [0.1, 0.15) is 6.10 Å². The minimum absolute atomic E-state index is 0.138. The van der Waals surface area contributed by atoms with Gasteiger partial charge in [-0.25, -0.2) is 4.79 Å². The van der Waals surface area contributed by atoms with Crippen molar-refractivity contribution in [2.45, 2.75) is 46.1 Å². The van der Waals surface area contributed by atoms with Crippen LogP contribution < -0.4 is 0 Å². The zero-order valence-corrected chi connectivity index (χ0v) is 10.9. The molecule has 6 atom stereocenters. The van der Waals surface area contributed by atoms with Crippen molar-refractivity contribution in [3.8, 4) is 0 Å². The normalized spacial score (nSPS) is 64.9. The fourth-order valence-corrected chi connectivity index (χ4v) is 7.42. The Morgan fingerprint density at radius 3 is 2.47 bits per heavy atom. The quantitative estimate of drug-likeness (QED) is 0.540. The van der Waals surface area contributed by atoms with Crippen molar-refractivity contribution in [3.05, 3.63) is 12.7 Å². The molecule has 0 bridgehead atoms. The van der Waals surface area contributed by atoms with E-state index in [9.17, 15) is 4.79 Å². The zero-order valence-electron chi connectivity index (χ0n) is 10.9. The number of ether oxygens (including phenoxy) is 1. The van der Waals surface area contributed by atoms with Gasteiger partial charge in [-0.2, -0.15) is 0 Å². The average Bonchev–Trinajstić information content (AvgIpc) is 2.62. The molecule has 0 aromatic heterocycles. The molecular weight excluding hydrogens is 212 g/mol. The lowest BCUT2D eigenvalue weighted by atomic mass is 9.33. The maximum Gasteiger partial charge on any atom is 0.330 e. The van der Waals surface area contributed by atoms with Crippen molar-refractivity contribution < 1.29 is 9.53 Å². The molecular formula is C15H20O2. The van der Waals surface area contributed by atoms with Crippen molar-refractivity contribution in [2.24, 2.45) is 27.6 Å².